The second-order valence-electron chi connectivity index (χ2n) is 17.4. The Balaban J connectivity index is 0.000000437. The Labute approximate surface area is 460 Å². The Hall–Kier alpha value is -4.52. The number of hydrogen-bond acceptors (Lipinski definition) is 10. The molecule has 0 aliphatic carbocycles. The molecule has 0 amide bonds. The lowest BCUT2D eigenvalue weighted by Crippen LogP contribution is -2.11. The van der Waals surface area contributed by atoms with E-state index < -0.39 is 0 Å². The molecule has 398 valence electrons. The first-order valence-corrected chi connectivity index (χ1v) is 30.6. The number of aromatic nitrogens is 5. The van der Waals surface area contributed by atoms with E-state index in [0.29, 0.717) is 10.6 Å². The molecule has 0 aliphatic rings. The molecule has 10 rings (SSSR count). The molecular formula is C62H88FN5S5. The molecule has 0 radical (unpaired) electrons. The zero-order valence-corrected chi connectivity index (χ0v) is 53.0. The molecule has 5 heterocycles. The van der Waals surface area contributed by atoms with Gasteiger partial charge in [0.1, 0.15) is 5.82 Å². The summed E-state index contributed by atoms with van der Waals surface area (Å²) in [6.07, 6.45) is 1.09. The van der Waals surface area contributed by atoms with Crippen molar-refractivity contribution in [3.63, 3.8) is 0 Å². The summed E-state index contributed by atoms with van der Waals surface area (Å²) >= 11 is 8.24. The molecule has 11 heteroatoms. The third-order valence-corrected chi connectivity index (χ3v) is 16.1. The minimum absolute atomic E-state index is 0.164. The van der Waals surface area contributed by atoms with Crippen LogP contribution in [0.15, 0.2) is 76.1 Å². The maximum Gasteiger partial charge on any atom is 0.142 e. The highest BCUT2D eigenvalue weighted by molar-refractivity contribution is 7.18. The zero-order valence-electron chi connectivity index (χ0n) is 48.9. The first-order chi connectivity index (χ1) is 34.9. The summed E-state index contributed by atoms with van der Waals surface area (Å²) in [5.41, 5.74) is 29.6. The van der Waals surface area contributed by atoms with Gasteiger partial charge in [-0.1, -0.05) is 129 Å². The van der Waals surface area contributed by atoms with E-state index in [9.17, 15) is 4.39 Å². The summed E-state index contributed by atoms with van der Waals surface area (Å²) in [7, 11) is 0. The van der Waals surface area contributed by atoms with E-state index in [1.165, 1.54) is 97.4 Å². The Kier molecular flexibility index (Phi) is 30.4. The summed E-state index contributed by atoms with van der Waals surface area (Å²) in [6, 6.07) is 16.8. The van der Waals surface area contributed by atoms with Crippen molar-refractivity contribution in [2.45, 2.75) is 184 Å². The summed E-state index contributed by atoms with van der Waals surface area (Å²) in [4.78, 5) is 21.4. The highest BCUT2D eigenvalue weighted by Gasteiger charge is 2.16. The van der Waals surface area contributed by atoms with Crippen LogP contribution in [0.1, 0.15) is 178 Å². The van der Waals surface area contributed by atoms with Crippen LogP contribution >= 0.6 is 56.7 Å². The summed E-state index contributed by atoms with van der Waals surface area (Å²) in [5.74, 6) is 0.423. The lowest BCUT2D eigenvalue weighted by Gasteiger charge is -2.19. The van der Waals surface area contributed by atoms with Gasteiger partial charge in [0, 0.05) is 0 Å². The van der Waals surface area contributed by atoms with Gasteiger partial charge in [0.15, 0.2) is 0 Å². The van der Waals surface area contributed by atoms with E-state index in [4.69, 9.17) is 0 Å². The van der Waals surface area contributed by atoms with Crippen molar-refractivity contribution >= 4 is 108 Å². The summed E-state index contributed by atoms with van der Waals surface area (Å²) in [5, 5.41) is 0. The number of halogens is 1. The molecule has 5 nitrogen and oxygen atoms in total. The molecule has 5 aromatic heterocycles. The van der Waals surface area contributed by atoms with Crippen LogP contribution in [0, 0.1) is 61.2 Å². The van der Waals surface area contributed by atoms with Gasteiger partial charge in [-0.3, -0.25) is 0 Å². The quantitative estimate of drug-likeness (QED) is 0.173. The normalized spacial score (nSPS) is 10.2. The number of rotatable bonds is 2. The van der Waals surface area contributed by atoms with Crippen LogP contribution in [-0.2, 0) is 11.8 Å². The smallest absolute Gasteiger partial charge is 0.142 e. The second-order valence-corrected chi connectivity index (χ2v) is 21.7. The third kappa shape index (κ3) is 18.4. The lowest BCUT2D eigenvalue weighted by atomic mass is 9.86. The molecular weight excluding hydrogens is 994 g/mol. The van der Waals surface area contributed by atoms with Gasteiger partial charge in [0.25, 0.3) is 0 Å². The van der Waals surface area contributed by atoms with Crippen LogP contribution in [0.2, 0.25) is 0 Å². The standard InChI is InChI=1S/C12H15NS.2C11H13NS.C10H11NS.C8H6FNS.5C2H6/c1-8-5-9(12(2,3)4)6-10-11(8)14-7-13-10;1-7(2)9-4-8(3)11-10(5-9)12-6-13-11;1-6-7(2)9(4)11-10(8(6)3)12-5-13-11;1-3-8-4-7(2)10-9(5-8)11-6-12-10;1-5-2-6(9)8-7(3-5)10-4-11-8;5*1-2/h5-7H,1-4H3;4-7H,1-3H3;5H,1-4H3;4-6H,3H2,1-2H3;2-4H,1H3;5*1-2H3. The van der Waals surface area contributed by atoms with E-state index in [1.54, 1.807) is 50.9 Å². The van der Waals surface area contributed by atoms with Crippen molar-refractivity contribution in [2.24, 2.45) is 0 Å². The van der Waals surface area contributed by atoms with E-state index >= 15 is 0 Å². The molecule has 0 fully saturated rings. The van der Waals surface area contributed by atoms with E-state index in [-0.39, 0.29) is 11.2 Å². The van der Waals surface area contributed by atoms with E-state index in [2.05, 4.69) is 151 Å². The lowest BCUT2D eigenvalue weighted by molar-refractivity contribution is 0.590. The number of fused-ring (bicyclic) bond motifs is 5. The SMILES string of the molecule is CC.CC.CC.CC.CC.CCc1cc(C)c2scnc2c1.Cc1c(C)c(C)c2scnc2c1C.Cc1cc(C(C)(C)C)cc2ncsc12.Cc1cc(C(C)C)cc2ncsc12.Cc1cc(F)c2scnc2c1. The number of benzene rings is 5. The molecule has 0 spiro atoms. The van der Waals surface area contributed by atoms with Crippen molar-refractivity contribution in [1.29, 1.82) is 0 Å². The van der Waals surface area contributed by atoms with E-state index in [1.807, 2.05) is 104 Å². The van der Waals surface area contributed by atoms with Crippen LogP contribution < -0.4 is 0 Å². The fourth-order valence-electron chi connectivity index (χ4n) is 7.24. The molecule has 0 N–H and O–H groups in total. The second kappa shape index (κ2) is 33.4. The molecule has 5 aromatic carbocycles. The average molecular weight is 1080 g/mol. The van der Waals surface area contributed by atoms with Gasteiger partial charge >= 0.3 is 0 Å². The van der Waals surface area contributed by atoms with Crippen LogP contribution in [0.25, 0.3) is 51.1 Å². The minimum Gasteiger partial charge on any atom is -0.245 e. The molecule has 73 heavy (non-hydrogen) atoms. The van der Waals surface area contributed by atoms with Crippen molar-refractivity contribution < 1.29 is 4.39 Å². The first kappa shape index (κ1) is 66.5. The first-order valence-electron chi connectivity index (χ1n) is 26.2. The van der Waals surface area contributed by atoms with Crippen molar-refractivity contribution in [2.75, 3.05) is 0 Å². The van der Waals surface area contributed by atoms with Gasteiger partial charge in [-0.05, 0) is 165 Å². The largest absolute Gasteiger partial charge is 0.245 e. The van der Waals surface area contributed by atoms with Gasteiger partial charge in [-0.25, -0.2) is 29.3 Å². The van der Waals surface area contributed by atoms with Crippen LogP contribution in [-0.4, -0.2) is 24.9 Å². The number of aryl methyl sites for hydroxylation is 7. The third-order valence-electron chi connectivity index (χ3n) is 11.4. The van der Waals surface area contributed by atoms with Gasteiger partial charge in [0.05, 0.1) is 78.6 Å². The van der Waals surface area contributed by atoms with Crippen LogP contribution in [0.3, 0.4) is 0 Å². The Morgan fingerprint density at radius 2 is 0.836 bits per heavy atom. The predicted molar refractivity (Wildman–Crippen MR) is 335 cm³/mol. The Bertz CT molecular complexity index is 3100. The van der Waals surface area contributed by atoms with Crippen molar-refractivity contribution in [3.05, 3.63) is 143 Å². The fraction of sp³-hybridized carbons (Fsp3) is 0.435. The highest BCUT2D eigenvalue weighted by atomic mass is 32.1. The average Bonchev–Trinajstić information content (AvgIpc) is 4.27. The predicted octanol–water partition coefficient (Wildman–Crippen LogP) is 22.2. The molecule has 0 saturated heterocycles. The monoisotopic (exact) mass is 1080 g/mol. The van der Waals surface area contributed by atoms with Gasteiger partial charge in [-0.15, -0.1) is 56.7 Å². The molecule has 0 aliphatic heterocycles. The fourth-order valence-corrected chi connectivity index (χ4v) is 11.1. The molecule has 0 atom stereocenters. The van der Waals surface area contributed by atoms with Gasteiger partial charge < -0.3 is 0 Å². The highest BCUT2D eigenvalue weighted by Crippen LogP contribution is 2.32. The maximum absolute atomic E-state index is 13.1. The number of nitrogens with zero attached hydrogens (tertiary/aromatic N) is 5. The molecule has 10 aromatic rings. The maximum atomic E-state index is 13.1. The van der Waals surface area contributed by atoms with E-state index in [0.717, 1.165) is 34.1 Å². The van der Waals surface area contributed by atoms with Crippen LogP contribution in [0.5, 0.6) is 0 Å². The zero-order chi connectivity index (χ0) is 55.7. The Morgan fingerprint density at radius 1 is 0.438 bits per heavy atom. The van der Waals surface area contributed by atoms with Crippen LogP contribution in [0.4, 0.5) is 4.39 Å². The topological polar surface area (TPSA) is 64.5 Å². The molecule has 0 bridgehead atoms. The van der Waals surface area contributed by atoms with Crippen molar-refractivity contribution in [3.8, 4) is 0 Å². The minimum atomic E-state index is -0.164. The summed E-state index contributed by atoms with van der Waals surface area (Å²) < 4.78 is 19.0. The summed E-state index contributed by atoms with van der Waals surface area (Å²) in [6.45, 7) is 50.4. The number of thiazole rings is 5. The molecule has 0 saturated carbocycles. The van der Waals surface area contributed by atoms with Crippen molar-refractivity contribution in [1.82, 2.24) is 24.9 Å². The van der Waals surface area contributed by atoms with Gasteiger partial charge in [-0.2, -0.15) is 0 Å². The molecule has 0 unspecified atom stereocenters. The van der Waals surface area contributed by atoms with Gasteiger partial charge in [0.2, 0.25) is 0 Å². The number of hydrogen-bond donors (Lipinski definition) is 0. The Morgan fingerprint density at radius 3 is 1.32 bits per heavy atom.